The van der Waals surface area contributed by atoms with E-state index in [0.29, 0.717) is 6.61 Å². The molecule has 1 unspecified atom stereocenters. The zero-order valence-electron chi connectivity index (χ0n) is 15.6. The number of nitrogens with zero attached hydrogens (tertiary/aromatic N) is 2. The van der Waals surface area contributed by atoms with E-state index in [4.69, 9.17) is 14.2 Å². The smallest absolute Gasteiger partial charge is 0.316 e. The minimum Gasteiger partial charge on any atom is -0.493 e. The maximum absolute atomic E-state index is 12.3. The Kier molecular flexibility index (Phi) is 5.68. The first kappa shape index (κ1) is 19.0. The Morgan fingerprint density at radius 2 is 2.29 bits per heavy atom. The average Bonchev–Trinajstić information content (AvgIpc) is 3.30. The molecule has 0 fully saturated rings. The fourth-order valence-electron chi connectivity index (χ4n) is 3.09. The first-order chi connectivity index (χ1) is 13.6. The molecule has 0 N–H and O–H groups in total. The van der Waals surface area contributed by atoms with Gasteiger partial charge in [-0.3, -0.25) is 4.79 Å². The van der Waals surface area contributed by atoms with Gasteiger partial charge in [0.25, 0.3) is 0 Å². The van der Waals surface area contributed by atoms with Crippen LogP contribution in [0.5, 0.6) is 11.5 Å². The maximum Gasteiger partial charge on any atom is 0.316 e. The Morgan fingerprint density at radius 1 is 1.39 bits per heavy atom. The number of carbonyl (C=O) groups is 1. The van der Waals surface area contributed by atoms with Gasteiger partial charge in [0, 0.05) is 22.9 Å². The van der Waals surface area contributed by atoms with E-state index < -0.39 is 0 Å². The van der Waals surface area contributed by atoms with Gasteiger partial charge in [-0.15, -0.1) is 11.3 Å². The molecule has 0 saturated carbocycles. The van der Waals surface area contributed by atoms with Crippen LogP contribution in [0.1, 0.15) is 25.0 Å². The highest BCUT2D eigenvalue weighted by Gasteiger charge is 2.22. The van der Waals surface area contributed by atoms with Gasteiger partial charge in [0.05, 0.1) is 12.4 Å². The number of fused-ring (bicyclic) bond motifs is 2. The Morgan fingerprint density at radius 3 is 3.14 bits per heavy atom. The number of aromatic nitrogens is 2. The molecule has 3 heterocycles. The van der Waals surface area contributed by atoms with Crippen LogP contribution >= 0.6 is 23.1 Å². The molecule has 1 aliphatic rings. The molecule has 4 rings (SSSR count). The molecular weight excluding hydrogens is 396 g/mol. The number of thioether (sulfide) groups is 1. The molecule has 6 nitrogen and oxygen atoms in total. The largest absolute Gasteiger partial charge is 0.493 e. The van der Waals surface area contributed by atoms with Crippen molar-refractivity contribution in [3.05, 3.63) is 41.0 Å². The minimum absolute atomic E-state index is 0.150. The van der Waals surface area contributed by atoms with E-state index >= 15 is 0 Å². The van der Waals surface area contributed by atoms with Gasteiger partial charge in [-0.1, -0.05) is 11.8 Å². The number of thiophene rings is 1. The average molecular weight is 417 g/mol. The van der Waals surface area contributed by atoms with Crippen LogP contribution in [0.2, 0.25) is 0 Å². The van der Waals surface area contributed by atoms with Crippen LogP contribution in [0.4, 0.5) is 0 Å². The third kappa shape index (κ3) is 4.07. The van der Waals surface area contributed by atoms with Crippen LogP contribution in [0.25, 0.3) is 10.2 Å². The van der Waals surface area contributed by atoms with Crippen LogP contribution in [0.3, 0.4) is 0 Å². The van der Waals surface area contributed by atoms with E-state index in [1.54, 1.807) is 11.3 Å². The normalized spacial score (nSPS) is 15.3. The molecule has 3 aromatic rings. The summed E-state index contributed by atoms with van der Waals surface area (Å²) >= 11 is 2.91. The second-order valence-corrected chi connectivity index (χ2v) is 8.26. The molecule has 0 amide bonds. The van der Waals surface area contributed by atoms with Gasteiger partial charge in [0.2, 0.25) is 0 Å². The third-order valence-electron chi connectivity index (χ3n) is 4.32. The number of esters is 1. The molecule has 1 aromatic carbocycles. The molecule has 0 spiro atoms. The molecule has 8 heteroatoms. The lowest BCUT2D eigenvalue weighted by Gasteiger charge is -2.13. The minimum atomic E-state index is -0.302. The first-order valence-corrected chi connectivity index (χ1v) is 10.9. The fourth-order valence-corrected chi connectivity index (χ4v) is 4.67. The van der Waals surface area contributed by atoms with Crippen molar-refractivity contribution in [2.45, 2.75) is 38.0 Å². The standard InChI is InChI=1S/C20H20N2O4S2/c1-3-24-16-7-13-6-12(2)26-17(13)8-14(16)9-25-18(23)10-28-20-15-4-5-27-19(15)21-11-22-20/h4-5,7-8,11-12H,3,6,9-10H2,1-2H3. The van der Waals surface area contributed by atoms with Gasteiger partial charge < -0.3 is 14.2 Å². The highest BCUT2D eigenvalue weighted by atomic mass is 32.2. The van der Waals surface area contributed by atoms with Gasteiger partial charge in [0.1, 0.15) is 40.4 Å². The van der Waals surface area contributed by atoms with E-state index in [-0.39, 0.29) is 24.4 Å². The molecule has 0 bridgehead atoms. The van der Waals surface area contributed by atoms with Crippen LogP contribution in [-0.4, -0.2) is 34.4 Å². The van der Waals surface area contributed by atoms with Crippen molar-refractivity contribution in [3.8, 4) is 11.5 Å². The summed E-state index contributed by atoms with van der Waals surface area (Å²) in [7, 11) is 0. The highest BCUT2D eigenvalue weighted by Crippen LogP contribution is 2.35. The summed E-state index contributed by atoms with van der Waals surface area (Å²) in [4.78, 5) is 21.7. The van der Waals surface area contributed by atoms with Crippen LogP contribution in [-0.2, 0) is 22.6 Å². The Balaban J connectivity index is 1.39. The summed E-state index contributed by atoms with van der Waals surface area (Å²) in [5.41, 5.74) is 1.94. The van der Waals surface area contributed by atoms with Gasteiger partial charge in [-0.05, 0) is 37.4 Å². The maximum atomic E-state index is 12.3. The zero-order valence-corrected chi connectivity index (χ0v) is 17.3. The Hall–Kier alpha value is -2.32. The van der Waals surface area contributed by atoms with Crippen molar-refractivity contribution >= 4 is 39.3 Å². The number of ether oxygens (including phenoxy) is 3. The summed E-state index contributed by atoms with van der Waals surface area (Å²) in [6, 6.07) is 5.88. The van der Waals surface area contributed by atoms with Gasteiger partial charge in [-0.25, -0.2) is 9.97 Å². The topological polar surface area (TPSA) is 70.5 Å². The van der Waals surface area contributed by atoms with Crippen LogP contribution in [0, 0.1) is 0 Å². The summed E-state index contributed by atoms with van der Waals surface area (Å²) in [6.07, 6.45) is 2.54. The number of rotatable bonds is 7. The lowest BCUT2D eigenvalue weighted by atomic mass is 10.1. The molecular formula is C20H20N2O4S2. The predicted molar refractivity (Wildman–Crippen MR) is 109 cm³/mol. The monoisotopic (exact) mass is 416 g/mol. The van der Waals surface area contributed by atoms with Gasteiger partial charge in [-0.2, -0.15) is 0 Å². The van der Waals surface area contributed by atoms with Crippen molar-refractivity contribution in [2.75, 3.05) is 12.4 Å². The molecule has 0 saturated heterocycles. The zero-order chi connectivity index (χ0) is 19.5. The highest BCUT2D eigenvalue weighted by molar-refractivity contribution is 8.00. The number of benzene rings is 1. The van der Waals surface area contributed by atoms with Crippen molar-refractivity contribution in [1.29, 1.82) is 0 Å². The molecule has 28 heavy (non-hydrogen) atoms. The number of hydrogen-bond donors (Lipinski definition) is 0. The van der Waals surface area contributed by atoms with E-state index in [9.17, 15) is 4.79 Å². The van der Waals surface area contributed by atoms with E-state index in [2.05, 4.69) is 9.97 Å². The Labute approximate surface area is 171 Å². The van der Waals surface area contributed by atoms with Crippen molar-refractivity contribution in [2.24, 2.45) is 0 Å². The predicted octanol–water partition coefficient (Wildman–Crippen LogP) is 4.25. The molecule has 146 valence electrons. The number of carbonyl (C=O) groups excluding carboxylic acids is 1. The summed E-state index contributed by atoms with van der Waals surface area (Å²) < 4.78 is 17.0. The lowest BCUT2D eigenvalue weighted by Crippen LogP contribution is -2.09. The van der Waals surface area contributed by atoms with E-state index in [1.807, 2.05) is 37.4 Å². The second kappa shape index (κ2) is 8.36. The van der Waals surface area contributed by atoms with Gasteiger partial charge in [0.15, 0.2) is 0 Å². The summed E-state index contributed by atoms with van der Waals surface area (Å²) in [6.45, 7) is 4.67. The summed E-state index contributed by atoms with van der Waals surface area (Å²) in [5, 5.41) is 3.72. The lowest BCUT2D eigenvalue weighted by molar-refractivity contribution is -0.141. The van der Waals surface area contributed by atoms with E-state index in [0.717, 1.165) is 44.3 Å². The molecule has 1 aliphatic heterocycles. The van der Waals surface area contributed by atoms with E-state index in [1.165, 1.54) is 18.1 Å². The summed E-state index contributed by atoms with van der Waals surface area (Å²) in [5.74, 6) is 1.47. The quantitative estimate of drug-likeness (QED) is 0.324. The number of hydrogen-bond acceptors (Lipinski definition) is 8. The Bertz CT molecular complexity index is 1010. The fraction of sp³-hybridized carbons (Fsp3) is 0.350. The van der Waals surface area contributed by atoms with Crippen LogP contribution < -0.4 is 9.47 Å². The first-order valence-electron chi connectivity index (χ1n) is 9.06. The van der Waals surface area contributed by atoms with Crippen molar-refractivity contribution in [3.63, 3.8) is 0 Å². The SMILES string of the molecule is CCOc1cc2c(cc1COC(=O)CSc1ncnc3sccc13)OC(C)C2. The van der Waals surface area contributed by atoms with Crippen molar-refractivity contribution < 1.29 is 19.0 Å². The molecule has 0 radical (unpaired) electrons. The second-order valence-electron chi connectivity index (χ2n) is 6.40. The molecule has 1 atom stereocenters. The van der Waals surface area contributed by atoms with Crippen LogP contribution in [0.15, 0.2) is 34.9 Å². The molecule has 2 aromatic heterocycles. The molecule has 0 aliphatic carbocycles. The van der Waals surface area contributed by atoms with Gasteiger partial charge >= 0.3 is 5.97 Å². The van der Waals surface area contributed by atoms with Crippen molar-refractivity contribution in [1.82, 2.24) is 9.97 Å². The third-order valence-corrected chi connectivity index (χ3v) is 6.12.